The van der Waals surface area contributed by atoms with E-state index in [0.717, 1.165) is 5.56 Å². The van der Waals surface area contributed by atoms with Gasteiger partial charge in [-0.3, -0.25) is 9.78 Å². The Morgan fingerprint density at radius 1 is 1.44 bits per heavy atom. The van der Waals surface area contributed by atoms with Gasteiger partial charge in [0, 0.05) is 6.20 Å². The number of hydrogen-bond acceptors (Lipinski definition) is 3. The van der Waals surface area contributed by atoms with Gasteiger partial charge in [-0.15, -0.1) is 0 Å². The van der Waals surface area contributed by atoms with E-state index in [1.165, 1.54) is 6.20 Å². The zero-order chi connectivity index (χ0) is 11.5. The maximum absolute atomic E-state index is 11.6. The molecule has 0 unspecified atom stereocenters. The third-order valence-corrected chi connectivity index (χ3v) is 2.34. The first-order valence-electron chi connectivity index (χ1n) is 4.60. The largest absolute Gasteiger partial charge is 0.497 e. The van der Waals surface area contributed by atoms with Crippen LogP contribution >= 0.6 is 11.6 Å². The molecule has 82 valence electrons. The normalized spacial score (nSPS) is 10.1. The molecule has 0 aliphatic carbocycles. The highest BCUT2D eigenvalue weighted by atomic mass is 35.5. The van der Waals surface area contributed by atoms with E-state index in [4.69, 9.17) is 16.3 Å². The first-order valence-corrected chi connectivity index (χ1v) is 4.98. The summed E-state index contributed by atoms with van der Waals surface area (Å²) in [7, 11) is 1.57. The summed E-state index contributed by atoms with van der Waals surface area (Å²) in [5.74, 6) is 0.687. The topological polar surface area (TPSA) is 55.0 Å². The van der Waals surface area contributed by atoms with E-state index < -0.39 is 0 Å². The van der Waals surface area contributed by atoms with Gasteiger partial charge in [-0.1, -0.05) is 12.1 Å². The molecule has 0 radical (unpaired) electrons. The monoisotopic (exact) mass is 236 g/mol. The first kappa shape index (κ1) is 10.7. The van der Waals surface area contributed by atoms with E-state index in [9.17, 15) is 4.79 Å². The van der Waals surface area contributed by atoms with Gasteiger partial charge in [-0.2, -0.15) is 0 Å². The van der Waals surface area contributed by atoms with Crippen molar-refractivity contribution in [3.05, 3.63) is 46.1 Å². The molecule has 0 amide bonds. The van der Waals surface area contributed by atoms with E-state index in [-0.39, 0.29) is 10.8 Å². The Morgan fingerprint density at radius 3 is 2.94 bits per heavy atom. The van der Waals surface area contributed by atoms with Gasteiger partial charge in [0.2, 0.25) is 5.28 Å². The van der Waals surface area contributed by atoms with Gasteiger partial charge in [-0.05, 0) is 29.3 Å². The third kappa shape index (κ3) is 2.06. The minimum absolute atomic E-state index is 0.0802. The molecule has 0 saturated heterocycles. The maximum atomic E-state index is 11.6. The predicted octanol–water partition coefficient (Wildman–Crippen LogP) is 2.10. The van der Waals surface area contributed by atoms with Crippen LogP contribution < -0.4 is 10.3 Å². The second-order valence-electron chi connectivity index (χ2n) is 3.15. The van der Waals surface area contributed by atoms with Crippen molar-refractivity contribution in [1.29, 1.82) is 0 Å². The maximum Gasteiger partial charge on any atom is 0.259 e. The van der Waals surface area contributed by atoms with Crippen molar-refractivity contribution in [3.63, 3.8) is 0 Å². The van der Waals surface area contributed by atoms with Gasteiger partial charge in [0.25, 0.3) is 5.56 Å². The summed E-state index contributed by atoms with van der Waals surface area (Å²) in [6.07, 6.45) is 1.44. The molecule has 16 heavy (non-hydrogen) atoms. The highest BCUT2D eigenvalue weighted by Crippen LogP contribution is 2.20. The Morgan fingerprint density at radius 2 is 2.25 bits per heavy atom. The highest BCUT2D eigenvalue weighted by Gasteiger charge is 2.05. The van der Waals surface area contributed by atoms with Crippen LogP contribution in [0.15, 0.2) is 35.3 Å². The van der Waals surface area contributed by atoms with Gasteiger partial charge >= 0.3 is 0 Å². The first-order chi connectivity index (χ1) is 7.70. The Labute approximate surface area is 96.9 Å². The lowest BCUT2D eigenvalue weighted by Crippen LogP contribution is -2.09. The van der Waals surface area contributed by atoms with E-state index in [1.807, 2.05) is 12.1 Å². The zero-order valence-corrected chi connectivity index (χ0v) is 9.28. The summed E-state index contributed by atoms with van der Waals surface area (Å²) >= 11 is 5.57. The second-order valence-corrected chi connectivity index (χ2v) is 3.51. The van der Waals surface area contributed by atoms with Crippen LogP contribution in [-0.4, -0.2) is 17.1 Å². The number of methoxy groups -OCH3 is 1. The number of nitrogens with one attached hydrogen (secondary N) is 1. The molecular weight excluding hydrogens is 228 g/mol. The summed E-state index contributed by atoms with van der Waals surface area (Å²) < 4.78 is 5.08. The Hall–Kier alpha value is -1.81. The number of halogens is 1. The lowest BCUT2D eigenvalue weighted by molar-refractivity contribution is 0.415. The summed E-state index contributed by atoms with van der Waals surface area (Å²) in [6.45, 7) is 0. The van der Waals surface area contributed by atoms with E-state index in [1.54, 1.807) is 19.2 Å². The molecule has 4 nitrogen and oxygen atoms in total. The van der Waals surface area contributed by atoms with Crippen molar-refractivity contribution >= 4 is 11.6 Å². The van der Waals surface area contributed by atoms with Crippen LogP contribution in [0.3, 0.4) is 0 Å². The standard InChI is InChI=1S/C11H9ClN2O2/c1-16-8-4-2-3-7(5-8)9-6-13-11(12)14-10(9)15/h2-6H,1H3,(H,13,14,15). The average Bonchev–Trinajstić information content (AvgIpc) is 2.29. The quantitative estimate of drug-likeness (QED) is 0.813. The second kappa shape index (κ2) is 4.37. The third-order valence-electron chi connectivity index (χ3n) is 2.15. The van der Waals surface area contributed by atoms with Crippen molar-refractivity contribution in [2.24, 2.45) is 0 Å². The highest BCUT2D eigenvalue weighted by molar-refractivity contribution is 6.28. The van der Waals surface area contributed by atoms with Gasteiger partial charge in [-0.25, -0.2) is 4.98 Å². The summed E-state index contributed by atoms with van der Waals surface area (Å²) in [5, 5.41) is 0.0802. The smallest absolute Gasteiger partial charge is 0.259 e. The fraction of sp³-hybridized carbons (Fsp3) is 0.0909. The molecule has 1 N–H and O–H groups in total. The molecule has 2 rings (SSSR count). The summed E-state index contributed by atoms with van der Waals surface area (Å²) in [5.41, 5.74) is 0.932. The van der Waals surface area contributed by atoms with Crippen LogP contribution in [-0.2, 0) is 0 Å². The van der Waals surface area contributed by atoms with Crippen molar-refractivity contribution in [1.82, 2.24) is 9.97 Å². The fourth-order valence-electron chi connectivity index (χ4n) is 1.37. The SMILES string of the molecule is COc1cccc(-c2cnc(Cl)[nH]c2=O)c1. The molecule has 1 aromatic carbocycles. The zero-order valence-electron chi connectivity index (χ0n) is 8.53. The molecule has 0 fully saturated rings. The molecule has 1 heterocycles. The fourth-order valence-corrected chi connectivity index (χ4v) is 1.50. The number of hydrogen-bond donors (Lipinski definition) is 1. The van der Waals surface area contributed by atoms with E-state index in [2.05, 4.69) is 9.97 Å². The number of ether oxygens (including phenoxy) is 1. The minimum Gasteiger partial charge on any atom is -0.497 e. The van der Waals surface area contributed by atoms with Crippen molar-refractivity contribution < 1.29 is 4.74 Å². The lowest BCUT2D eigenvalue weighted by Gasteiger charge is -2.03. The molecule has 0 bridgehead atoms. The molecule has 2 aromatic rings. The Balaban J connectivity index is 2.54. The minimum atomic E-state index is -0.270. The van der Waals surface area contributed by atoms with E-state index >= 15 is 0 Å². The molecule has 5 heteroatoms. The molecular formula is C11H9ClN2O2. The van der Waals surface area contributed by atoms with Crippen molar-refractivity contribution in [2.45, 2.75) is 0 Å². The molecule has 0 atom stereocenters. The summed E-state index contributed by atoms with van der Waals surface area (Å²) in [4.78, 5) is 17.9. The van der Waals surface area contributed by atoms with Gasteiger partial charge < -0.3 is 4.74 Å². The van der Waals surface area contributed by atoms with Gasteiger partial charge in [0.1, 0.15) is 5.75 Å². The molecule has 0 aliphatic heterocycles. The molecule has 0 spiro atoms. The van der Waals surface area contributed by atoms with Gasteiger partial charge in [0.15, 0.2) is 0 Å². The van der Waals surface area contributed by atoms with Gasteiger partial charge in [0.05, 0.1) is 12.7 Å². The molecule has 0 saturated carbocycles. The lowest BCUT2D eigenvalue weighted by atomic mass is 10.1. The number of nitrogens with zero attached hydrogens (tertiary/aromatic N) is 1. The Bertz CT molecular complexity index is 566. The number of aromatic amines is 1. The van der Waals surface area contributed by atoms with Crippen LogP contribution in [0.4, 0.5) is 0 Å². The van der Waals surface area contributed by atoms with Crippen LogP contribution in [0.2, 0.25) is 5.28 Å². The number of aromatic nitrogens is 2. The van der Waals surface area contributed by atoms with Crippen LogP contribution in [0.25, 0.3) is 11.1 Å². The van der Waals surface area contributed by atoms with Crippen molar-refractivity contribution in [3.8, 4) is 16.9 Å². The Kier molecular flexibility index (Phi) is 2.92. The molecule has 0 aliphatic rings. The van der Waals surface area contributed by atoms with Crippen LogP contribution in [0.1, 0.15) is 0 Å². The number of rotatable bonds is 2. The van der Waals surface area contributed by atoms with Crippen LogP contribution in [0, 0.1) is 0 Å². The van der Waals surface area contributed by atoms with Crippen molar-refractivity contribution in [2.75, 3.05) is 7.11 Å². The molecule has 1 aromatic heterocycles. The summed E-state index contributed by atoms with van der Waals surface area (Å²) in [6, 6.07) is 7.19. The van der Waals surface area contributed by atoms with E-state index in [0.29, 0.717) is 11.3 Å². The average molecular weight is 237 g/mol. The van der Waals surface area contributed by atoms with Crippen LogP contribution in [0.5, 0.6) is 5.75 Å². The predicted molar refractivity (Wildman–Crippen MR) is 61.9 cm³/mol. The number of H-pyrrole nitrogens is 1. The number of benzene rings is 1.